The van der Waals surface area contributed by atoms with Crippen LogP contribution in [0.3, 0.4) is 0 Å². The van der Waals surface area contributed by atoms with Crippen molar-refractivity contribution in [1.82, 2.24) is 19.4 Å². The van der Waals surface area contributed by atoms with Crippen LogP contribution in [0, 0.1) is 12.7 Å². The molecule has 0 atom stereocenters. The number of benzene rings is 2. The minimum atomic E-state index is -0.307. The zero-order valence-corrected chi connectivity index (χ0v) is 17.8. The van der Waals surface area contributed by atoms with Crippen LogP contribution in [0.2, 0.25) is 0 Å². The average molecular weight is 427 g/mol. The molecule has 6 nitrogen and oxygen atoms in total. The maximum atomic E-state index is 13.6. The Balaban J connectivity index is 1.82. The zero-order valence-electron chi connectivity index (χ0n) is 17.8. The Hall–Kier alpha value is -3.84. The van der Waals surface area contributed by atoms with Gasteiger partial charge in [-0.05, 0) is 61.9 Å². The van der Waals surface area contributed by atoms with Gasteiger partial charge in [-0.2, -0.15) is 0 Å². The molecule has 3 aromatic heterocycles. The second kappa shape index (κ2) is 8.01. The van der Waals surface area contributed by atoms with Crippen molar-refractivity contribution in [3.8, 4) is 22.5 Å². The van der Waals surface area contributed by atoms with E-state index in [1.807, 2.05) is 35.7 Å². The van der Waals surface area contributed by atoms with Gasteiger partial charge in [-0.15, -0.1) is 0 Å². The molecule has 0 radical (unpaired) electrons. The minimum Gasteiger partial charge on any atom is -0.381 e. The van der Waals surface area contributed by atoms with Crippen LogP contribution in [0.25, 0.3) is 39.1 Å². The largest absolute Gasteiger partial charge is 0.381 e. The first kappa shape index (κ1) is 20.1. The fourth-order valence-corrected chi connectivity index (χ4v) is 3.91. The number of nitrogens with zero attached hydrogens (tertiary/aromatic N) is 4. The van der Waals surface area contributed by atoms with Crippen LogP contribution in [0.15, 0.2) is 60.9 Å². The van der Waals surface area contributed by atoms with E-state index < -0.39 is 0 Å². The number of hydrogen-bond donors (Lipinski definition) is 1. The summed E-state index contributed by atoms with van der Waals surface area (Å²) in [5.41, 5.74) is 12.8. The number of imidazole rings is 1. The van der Waals surface area contributed by atoms with E-state index in [0.29, 0.717) is 30.4 Å². The second-order valence-electron chi connectivity index (χ2n) is 7.62. The standard InChI is InChI=1S/C25H22FN5O/c1-3-32-14-19-13-31-23(17-6-9-21-20(12-17)15(2)10-11-28-21)22(30-24(27)25(31)29-19)16-4-7-18(26)8-5-16/h4-13H,3,14H2,1-2H3,(H2,27,30). The summed E-state index contributed by atoms with van der Waals surface area (Å²) in [5.74, 6) is -0.00662. The molecule has 0 amide bonds. The maximum absolute atomic E-state index is 13.6. The number of nitrogen functional groups attached to an aromatic ring is 1. The topological polar surface area (TPSA) is 78.3 Å². The molecule has 7 heteroatoms. The van der Waals surface area contributed by atoms with Crippen LogP contribution >= 0.6 is 0 Å². The number of hydrogen-bond acceptors (Lipinski definition) is 5. The summed E-state index contributed by atoms with van der Waals surface area (Å²) in [4.78, 5) is 13.8. The van der Waals surface area contributed by atoms with Gasteiger partial charge >= 0.3 is 0 Å². The number of pyridine rings is 1. The number of rotatable bonds is 5. The lowest BCUT2D eigenvalue weighted by molar-refractivity contribution is 0.131. The number of fused-ring (bicyclic) bond motifs is 2. The molecular weight excluding hydrogens is 405 g/mol. The summed E-state index contributed by atoms with van der Waals surface area (Å²) in [6.07, 6.45) is 3.73. The Morgan fingerprint density at radius 3 is 2.59 bits per heavy atom. The normalized spacial score (nSPS) is 11.5. The fourth-order valence-electron chi connectivity index (χ4n) is 3.91. The molecule has 160 valence electrons. The van der Waals surface area contributed by atoms with Gasteiger partial charge in [0.25, 0.3) is 0 Å². The molecule has 0 bridgehead atoms. The Morgan fingerprint density at radius 1 is 1.03 bits per heavy atom. The van der Waals surface area contributed by atoms with Gasteiger partial charge in [0.2, 0.25) is 0 Å². The highest BCUT2D eigenvalue weighted by Gasteiger charge is 2.19. The lowest BCUT2D eigenvalue weighted by Crippen LogP contribution is -2.03. The van der Waals surface area contributed by atoms with Crippen LogP contribution in [-0.2, 0) is 11.3 Å². The van der Waals surface area contributed by atoms with Gasteiger partial charge in [-0.3, -0.25) is 9.38 Å². The van der Waals surface area contributed by atoms with Gasteiger partial charge in [-0.25, -0.2) is 14.4 Å². The maximum Gasteiger partial charge on any atom is 0.180 e. The third kappa shape index (κ3) is 3.46. The number of anilines is 1. The van der Waals surface area contributed by atoms with E-state index in [4.69, 9.17) is 10.5 Å². The molecular formula is C25H22FN5O. The fraction of sp³-hybridized carbons (Fsp3) is 0.160. The summed E-state index contributed by atoms with van der Waals surface area (Å²) >= 11 is 0. The third-order valence-electron chi connectivity index (χ3n) is 5.49. The zero-order chi connectivity index (χ0) is 22.2. The number of nitrogens with two attached hydrogens (primary N) is 1. The van der Waals surface area contributed by atoms with Crippen molar-refractivity contribution in [2.75, 3.05) is 12.3 Å². The predicted octanol–water partition coefficient (Wildman–Crippen LogP) is 5.18. The smallest absolute Gasteiger partial charge is 0.180 e. The molecule has 0 aliphatic heterocycles. The first-order chi connectivity index (χ1) is 15.5. The van der Waals surface area contributed by atoms with Crippen molar-refractivity contribution in [2.24, 2.45) is 0 Å². The lowest BCUT2D eigenvalue weighted by atomic mass is 10.0. The van der Waals surface area contributed by atoms with Crippen molar-refractivity contribution >= 4 is 22.4 Å². The molecule has 5 rings (SSSR count). The van der Waals surface area contributed by atoms with Crippen LogP contribution in [-0.4, -0.2) is 26.0 Å². The Morgan fingerprint density at radius 2 is 1.81 bits per heavy atom. The molecule has 0 aliphatic carbocycles. The molecule has 2 N–H and O–H groups in total. The van der Waals surface area contributed by atoms with Gasteiger partial charge < -0.3 is 10.5 Å². The molecule has 3 heterocycles. The first-order valence-electron chi connectivity index (χ1n) is 10.4. The molecule has 2 aromatic carbocycles. The highest BCUT2D eigenvalue weighted by Crippen LogP contribution is 2.35. The molecule has 0 fully saturated rings. The third-order valence-corrected chi connectivity index (χ3v) is 5.49. The predicted molar refractivity (Wildman–Crippen MR) is 124 cm³/mol. The summed E-state index contributed by atoms with van der Waals surface area (Å²) < 4.78 is 21.1. The van der Waals surface area contributed by atoms with Crippen LogP contribution in [0.5, 0.6) is 0 Å². The van der Waals surface area contributed by atoms with Crippen LogP contribution in [0.1, 0.15) is 18.2 Å². The highest BCUT2D eigenvalue weighted by atomic mass is 19.1. The van der Waals surface area contributed by atoms with Crippen LogP contribution < -0.4 is 5.73 Å². The molecule has 32 heavy (non-hydrogen) atoms. The SMILES string of the molecule is CCOCc1cn2c(-c3ccc4nccc(C)c4c3)c(-c3ccc(F)cc3)nc(N)c2n1. The highest BCUT2D eigenvalue weighted by molar-refractivity contribution is 5.90. The minimum absolute atomic E-state index is 0.300. The van der Waals surface area contributed by atoms with Crippen molar-refractivity contribution in [3.63, 3.8) is 0 Å². The van der Waals surface area contributed by atoms with Crippen molar-refractivity contribution in [3.05, 3.63) is 78.0 Å². The molecule has 0 aliphatic rings. The van der Waals surface area contributed by atoms with Crippen molar-refractivity contribution in [1.29, 1.82) is 0 Å². The molecule has 0 saturated heterocycles. The Bertz CT molecular complexity index is 1440. The quantitative estimate of drug-likeness (QED) is 0.418. The summed E-state index contributed by atoms with van der Waals surface area (Å²) in [6, 6.07) is 14.3. The van der Waals surface area contributed by atoms with E-state index in [0.717, 1.165) is 39.0 Å². The lowest BCUT2D eigenvalue weighted by Gasteiger charge is -2.14. The van der Waals surface area contributed by atoms with Gasteiger partial charge in [0, 0.05) is 35.5 Å². The molecule has 0 spiro atoms. The summed E-state index contributed by atoms with van der Waals surface area (Å²) in [7, 11) is 0. The summed E-state index contributed by atoms with van der Waals surface area (Å²) in [5, 5.41) is 1.05. The van der Waals surface area contributed by atoms with Gasteiger partial charge in [0.05, 0.1) is 29.2 Å². The first-order valence-corrected chi connectivity index (χ1v) is 10.4. The summed E-state index contributed by atoms with van der Waals surface area (Å²) in [6.45, 7) is 4.97. The van der Waals surface area contributed by atoms with E-state index in [-0.39, 0.29) is 5.82 Å². The Kier molecular flexibility index (Phi) is 5.03. The van der Waals surface area contributed by atoms with E-state index in [2.05, 4.69) is 27.9 Å². The second-order valence-corrected chi connectivity index (χ2v) is 7.62. The van der Waals surface area contributed by atoms with Crippen molar-refractivity contribution in [2.45, 2.75) is 20.5 Å². The number of aromatic nitrogens is 4. The van der Waals surface area contributed by atoms with Gasteiger partial charge in [0.15, 0.2) is 11.5 Å². The van der Waals surface area contributed by atoms with Crippen LogP contribution in [0.4, 0.5) is 10.2 Å². The number of ether oxygens (including phenoxy) is 1. The molecule has 0 saturated carbocycles. The van der Waals surface area contributed by atoms with E-state index >= 15 is 0 Å². The van der Waals surface area contributed by atoms with E-state index in [1.165, 1.54) is 12.1 Å². The molecule has 0 unspecified atom stereocenters. The van der Waals surface area contributed by atoms with E-state index in [9.17, 15) is 4.39 Å². The molecule has 5 aromatic rings. The van der Waals surface area contributed by atoms with Gasteiger partial charge in [-0.1, -0.05) is 6.07 Å². The Labute approximate surface area is 184 Å². The van der Waals surface area contributed by atoms with Crippen molar-refractivity contribution < 1.29 is 9.13 Å². The van der Waals surface area contributed by atoms with E-state index in [1.54, 1.807) is 18.3 Å². The number of halogens is 1. The monoisotopic (exact) mass is 427 g/mol. The average Bonchev–Trinajstić information content (AvgIpc) is 3.23. The van der Waals surface area contributed by atoms with Gasteiger partial charge in [0.1, 0.15) is 5.82 Å². The number of aryl methyl sites for hydroxylation is 1.